The summed E-state index contributed by atoms with van der Waals surface area (Å²) in [4.78, 5) is 38.3. The minimum absolute atomic E-state index is 0.0495. The maximum absolute atomic E-state index is 12.4. The van der Waals surface area contributed by atoms with Gasteiger partial charge in [0.05, 0.1) is 6.10 Å². The molecule has 1 aromatic rings. The van der Waals surface area contributed by atoms with Gasteiger partial charge in [-0.05, 0) is 57.9 Å². The summed E-state index contributed by atoms with van der Waals surface area (Å²) in [6.45, 7) is 6.53. The van der Waals surface area contributed by atoms with Crippen LogP contribution in [0.3, 0.4) is 0 Å². The van der Waals surface area contributed by atoms with Gasteiger partial charge in [0.2, 0.25) is 0 Å². The lowest BCUT2D eigenvalue weighted by Gasteiger charge is -2.24. The van der Waals surface area contributed by atoms with Gasteiger partial charge in [0, 0.05) is 18.7 Å². The third-order valence-electron chi connectivity index (χ3n) is 4.46. The van der Waals surface area contributed by atoms with E-state index in [0.717, 1.165) is 25.7 Å². The van der Waals surface area contributed by atoms with Crippen LogP contribution in [-0.4, -0.2) is 54.5 Å². The summed E-state index contributed by atoms with van der Waals surface area (Å²) in [7, 11) is 0. The molecule has 0 bridgehead atoms. The Bertz CT molecular complexity index is 664. The number of nitrogens with one attached hydrogen (secondary N) is 1. The Hall–Kier alpha value is -2.57. The average molecular weight is 390 g/mol. The number of esters is 1. The molecular formula is C21H30N2O5. The fourth-order valence-corrected chi connectivity index (χ4v) is 3.05. The van der Waals surface area contributed by atoms with E-state index in [4.69, 9.17) is 9.47 Å². The van der Waals surface area contributed by atoms with Crippen LogP contribution in [0, 0.1) is 0 Å². The lowest BCUT2D eigenvalue weighted by atomic mass is 10.2. The highest BCUT2D eigenvalue weighted by molar-refractivity contribution is 5.96. The largest absolute Gasteiger partial charge is 0.491 e. The third kappa shape index (κ3) is 6.87. The van der Waals surface area contributed by atoms with E-state index in [0.29, 0.717) is 24.4 Å². The molecule has 1 aliphatic heterocycles. The third-order valence-corrected chi connectivity index (χ3v) is 4.46. The highest BCUT2D eigenvalue weighted by atomic mass is 16.5. The zero-order chi connectivity index (χ0) is 20.5. The van der Waals surface area contributed by atoms with Crippen molar-refractivity contribution in [1.82, 2.24) is 10.2 Å². The van der Waals surface area contributed by atoms with E-state index in [9.17, 15) is 14.4 Å². The molecule has 1 aliphatic rings. The molecule has 0 saturated carbocycles. The van der Waals surface area contributed by atoms with Crippen LogP contribution < -0.4 is 10.1 Å². The predicted octanol–water partition coefficient (Wildman–Crippen LogP) is 2.54. The monoisotopic (exact) mass is 390 g/mol. The molecule has 1 heterocycles. The van der Waals surface area contributed by atoms with Crippen LogP contribution in [0.1, 0.15) is 56.8 Å². The highest BCUT2D eigenvalue weighted by Crippen LogP contribution is 2.14. The van der Waals surface area contributed by atoms with Gasteiger partial charge in [-0.25, -0.2) is 0 Å². The summed E-state index contributed by atoms with van der Waals surface area (Å²) < 4.78 is 10.7. The Balaban J connectivity index is 1.77. The fourth-order valence-electron chi connectivity index (χ4n) is 3.05. The molecule has 1 fully saturated rings. The molecule has 2 amide bonds. The van der Waals surface area contributed by atoms with Crippen molar-refractivity contribution in [3.05, 3.63) is 29.8 Å². The molecule has 0 radical (unpaired) electrons. The first-order chi connectivity index (χ1) is 13.4. The van der Waals surface area contributed by atoms with E-state index >= 15 is 0 Å². The molecule has 0 aliphatic carbocycles. The van der Waals surface area contributed by atoms with Gasteiger partial charge in [0.15, 0.2) is 6.10 Å². The van der Waals surface area contributed by atoms with Gasteiger partial charge < -0.3 is 19.7 Å². The molecule has 1 unspecified atom stereocenters. The molecule has 1 aromatic carbocycles. The SMILES string of the molecule is CC(C)Oc1ccc(C(=O)NCC(=O)OC(C)C(=O)N2CCCCCC2)cc1. The van der Waals surface area contributed by atoms with Gasteiger partial charge in [-0.2, -0.15) is 0 Å². The van der Waals surface area contributed by atoms with Gasteiger partial charge >= 0.3 is 5.97 Å². The highest BCUT2D eigenvalue weighted by Gasteiger charge is 2.24. The Labute approximate surface area is 166 Å². The van der Waals surface area contributed by atoms with Crippen LogP contribution in [0.15, 0.2) is 24.3 Å². The number of amides is 2. The van der Waals surface area contributed by atoms with Gasteiger partial charge in [-0.3, -0.25) is 14.4 Å². The summed E-state index contributed by atoms with van der Waals surface area (Å²) in [5, 5.41) is 2.51. The van der Waals surface area contributed by atoms with Gasteiger partial charge in [0.25, 0.3) is 11.8 Å². The standard InChI is InChI=1S/C21H30N2O5/c1-15(2)27-18-10-8-17(9-11-18)20(25)22-14-19(24)28-16(3)21(26)23-12-6-4-5-7-13-23/h8-11,15-16H,4-7,12-14H2,1-3H3,(H,22,25). The number of likely N-dealkylation sites (tertiary alicyclic amines) is 1. The molecule has 154 valence electrons. The summed E-state index contributed by atoms with van der Waals surface area (Å²) in [6.07, 6.45) is 3.39. The van der Waals surface area contributed by atoms with Crippen molar-refractivity contribution in [3.63, 3.8) is 0 Å². The first-order valence-corrected chi connectivity index (χ1v) is 9.90. The Kier molecular flexibility index (Phi) is 8.29. The summed E-state index contributed by atoms with van der Waals surface area (Å²) in [5.74, 6) is -0.530. The second-order valence-electron chi connectivity index (χ2n) is 7.25. The summed E-state index contributed by atoms with van der Waals surface area (Å²) in [6, 6.07) is 6.66. The normalized spacial score (nSPS) is 15.5. The fraction of sp³-hybridized carbons (Fsp3) is 0.571. The van der Waals surface area contributed by atoms with Crippen molar-refractivity contribution in [3.8, 4) is 5.75 Å². The summed E-state index contributed by atoms with van der Waals surface area (Å²) >= 11 is 0. The van der Waals surface area contributed by atoms with E-state index in [1.165, 1.54) is 0 Å². The number of carbonyl (C=O) groups is 3. The Morgan fingerprint density at radius 1 is 1.00 bits per heavy atom. The van der Waals surface area contributed by atoms with Crippen molar-refractivity contribution in [1.29, 1.82) is 0 Å². The Morgan fingerprint density at radius 3 is 2.18 bits per heavy atom. The summed E-state index contributed by atoms with van der Waals surface area (Å²) in [5.41, 5.74) is 0.414. The lowest BCUT2D eigenvalue weighted by molar-refractivity contribution is -0.158. The topological polar surface area (TPSA) is 84.9 Å². The van der Waals surface area contributed by atoms with E-state index in [1.807, 2.05) is 13.8 Å². The zero-order valence-electron chi connectivity index (χ0n) is 16.9. The molecule has 28 heavy (non-hydrogen) atoms. The van der Waals surface area contributed by atoms with Crippen LogP contribution in [0.2, 0.25) is 0 Å². The number of nitrogens with zero attached hydrogens (tertiary/aromatic N) is 1. The first-order valence-electron chi connectivity index (χ1n) is 9.90. The molecule has 7 nitrogen and oxygen atoms in total. The van der Waals surface area contributed by atoms with Crippen LogP contribution in [0.25, 0.3) is 0 Å². The first kappa shape index (κ1) is 21.7. The second kappa shape index (κ2) is 10.7. The molecule has 0 spiro atoms. The van der Waals surface area contributed by atoms with Crippen molar-refractivity contribution in [2.75, 3.05) is 19.6 Å². The minimum atomic E-state index is -0.852. The van der Waals surface area contributed by atoms with E-state index < -0.39 is 12.1 Å². The van der Waals surface area contributed by atoms with Gasteiger partial charge in [-0.15, -0.1) is 0 Å². The molecule has 0 aromatic heterocycles. The van der Waals surface area contributed by atoms with Crippen molar-refractivity contribution in [2.24, 2.45) is 0 Å². The number of benzene rings is 1. The van der Waals surface area contributed by atoms with Crippen LogP contribution >= 0.6 is 0 Å². The number of hydrogen-bond acceptors (Lipinski definition) is 5. The smallest absolute Gasteiger partial charge is 0.326 e. The van der Waals surface area contributed by atoms with E-state index in [2.05, 4.69) is 5.32 Å². The molecule has 1 saturated heterocycles. The average Bonchev–Trinajstić information content (AvgIpc) is 2.95. The lowest BCUT2D eigenvalue weighted by Crippen LogP contribution is -2.42. The maximum atomic E-state index is 12.4. The predicted molar refractivity (Wildman–Crippen MR) is 105 cm³/mol. The molecule has 1 atom stereocenters. The number of rotatable bonds is 7. The van der Waals surface area contributed by atoms with Crippen molar-refractivity contribution in [2.45, 2.75) is 58.7 Å². The second-order valence-corrected chi connectivity index (χ2v) is 7.25. The van der Waals surface area contributed by atoms with Crippen LogP contribution in [0.5, 0.6) is 5.75 Å². The maximum Gasteiger partial charge on any atom is 0.326 e. The molecule has 7 heteroatoms. The quantitative estimate of drug-likeness (QED) is 0.723. The molecule has 1 N–H and O–H groups in total. The van der Waals surface area contributed by atoms with Crippen molar-refractivity contribution >= 4 is 17.8 Å². The van der Waals surface area contributed by atoms with Crippen LogP contribution in [-0.2, 0) is 14.3 Å². The number of hydrogen-bond donors (Lipinski definition) is 1. The van der Waals surface area contributed by atoms with Crippen LogP contribution in [0.4, 0.5) is 0 Å². The van der Waals surface area contributed by atoms with Crippen molar-refractivity contribution < 1.29 is 23.9 Å². The van der Waals surface area contributed by atoms with Gasteiger partial charge in [0.1, 0.15) is 12.3 Å². The minimum Gasteiger partial charge on any atom is -0.491 e. The van der Waals surface area contributed by atoms with Gasteiger partial charge in [-0.1, -0.05) is 12.8 Å². The number of carbonyl (C=O) groups excluding carboxylic acids is 3. The van der Waals surface area contributed by atoms with E-state index in [1.54, 1.807) is 36.1 Å². The van der Waals surface area contributed by atoms with E-state index in [-0.39, 0.29) is 24.5 Å². The zero-order valence-corrected chi connectivity index (χ0v) is 16.9. The number of ether oxygens (including phenoxy) is 2. The Morgan fingerprint density at radius 2 is 1.61 bits per heavy atom. The molecule has 2 rings (SSSR count). The molecular weight excluding hydrogens is 360 g/mol.